The highest BCUT2D eigenvalue weighted by atomic mass is 79.9. The lowest BCUT2D eigenvalue weighted by molar-refractivity contribution is 1.10. The number of hydrogen-bond donors (Lipinski definition) is 1. The van der Waals surface area contributed by atoms with Crippen molar-refractivity contribution < 1.29 is 0 Å². The zero-order chi connectivity index (χ0) is 6.85. The Morgan fingerprint density at radius 2 is 2.44 bits per heavy atom. The molecule has 1 aromatic rings. The van der Waals surface area contributed by atoms with Crippen molar-refractivity contribution >= 4 is 27.3 Å². The van der Waals surface area contributed by atoms with E-state index in [0.717, 1.165) is 0 Å². The molecule has 3 heteroatoms. The summed E-state index contributed by atoms with van der Waals surface area (Å²) >= 11 is 5.13. The van der Waals surface area contributed by atoms with E-state index in [9.17, 15) is 0 Å². The van der Waals surface area contributed by atoms with Crippen molar-refractivity contribution in [3.05, 3.63) is 20.3 Å². The number of nitrogens with two attached hydrogens (primary N) is 1. The normalized spacial score (nSPS) is 10.1. The molecular weight excluding hydrogens is 198 g/mol. The molecule has 2 N–H and O–H groups in total. The fourth-order valence-electron chi connectivity index (χ4n) is 0.624. The molecule has 0 amide bonds. The highest BCUT2D eigenvalue weighted by Gasteiger charge is 1.98. The SMILES string of the molecule is Cc1cc(CN)sc1Br. The molecule has 1 heterocycles. The summed E-state index contributed by atoms with van der Waals surface area (Å²) in [7, 11) is 0. The first-order valence-corrected chi connectivity index (χ1v) is 4.30. The van der Waals surface area contributed by atoms with Crippen LogP contribution in [0.2, 0.25) is 0 Å². The van der Waals surface area contributed by atoms with Crippen LogP contribution < -0.4 is 5.73 Å². The molecule has 0 fully saturated rings. The minimum Gasteiger partial charge on any atom is -0.326 e. The molecule has 0 aliphatic heterocycles. The predicted octanol–water partition coefficient (Wildman–Crippen LogP) is 2.28. The first-order chi connectivity index (χ1) is 4.24. The number of thiophene rings is 1. The zero-order valence-electron chi connectivity index (χ0n) is 5.15. The third kappa shape index (κ3) is 1.53. The summed E-state index contributed by atoms with van der Waals surface area (Å²) < 4.78 is 1.20. The van der Waals surface area contributed by atoms with Crippen LogP contribution in [0.4, 0.5) is 0 Å². The second kappa shape index (κ2) is 2.82. The lowest BCUT2D eigenvalue weighted by Crippen LogP contribution is -1.91. The maximum absolute atomic E-state index is 5.42. The Balaban J connectivity index is 2.98. The second-order valence-electron chi connectivity index (χ2n) is 1.87. The Hall–Kier alpha value is 0.140. The molecule has 1 nitrogen and oxygen atoms in total. The van der Waals surface area contributed by atoms with Crippen molar-refractivity contribution in [3.8, 4) is 0 Å². The van der Waals surface area contributed by atoms with Crippen LogP contribution in [0.1, 0.15) is 10.4 Å². The molecule has 0 saturated carbocycles. The van der Waals surface area contributed by atoms with Crippen LogP contribution in [-0.4, -0.2) is 0 Å². The van der Waals surface area contributed by atoms with Crippen LogP contribution in [0.15, 0.2) is 9.85 Å². The molecule has 0 radical (unpaired) electrons. The first kappa shape index (κ1) is 7.25. The molecule has 0 spiro atoms. The van der Waals surface area contributed by atoms with Gasteiger partial charge in [-0.2, -0.15) is 0 Å². The maximum Gasteiger partial charge on any atom is 0.0730 e. The average Bonchev–Trinajstić information content (AvgIpc) is 2.13. The third-order valence-electron chi connectivity index (χ3n) is 1.11. The van der Waals surface area contributed by atoms with Gasteiger partial charge in [-0.05, 0) is 34.5 Å². The number of halogens is 1. The van der Waals surface area contributed by atoms with Crippen LogP contribution >= 0.6 is 27.3 Å². The largest absolute Gasteiger partial charge is 0.326 e. The van der Waals surface area contributed by atoms with Gasteiger partial charge in [0, 0.05) is 11.4 Å². The van der Waals surface area contributed by atoms with Crippen LogP contribution in [0.5, 0.6) is 0 Å². The highest BCUT2D eigenvalue weighted by molar-refractivity contribution is 9.11. The molecule has 0 bridgehead atoms. The van der Waals surface area contributed by atoms with Gasteiger partial charge in [-0.3, -0.25) is 0 Å². The Morgan fingerprint density at radius 1 is 1.78 bits per heavy atom. The quantitative estimate of drug-likeness (QED) is 0.749. The van der Waals surface area contributed by atoms with Gasteiger partial charge in [0.05, 0.1) is 3.79 Å². The van der Waals surface area contributed by atoms with Crippen molar-refractivity contribution in [2.75, 3.05) is 0 Å². The molecule has 9 heavy (non-hydrogen) atoms. The van der Waals surface area contributed by atoms with Crippen LogP contribution in [0, 0.1) is 6.92 Å². The lowest BCUT2D eigenvalue weighted by atomic mass is 10.3. The van der Waals surface area contributed by atoms with Gasteiger partial charge in [0.1, 0.15) is 0 Å². The Labute approximate surface area is 67.0 Å². The van der Waals surface area contributed by atoms with E-state index in [-0.39, 0.29) is 0 Å². The van der Waals surface area contributed by atoms with Crippen LogP contribution in [0.25, 0.3) is 0 Å². The zero-order valence-corrected chi connectivity index (χ0v) is 7.55. The molecule has 0 unspecified atom stereocenters. The molecule has 0 saturated heterocycles. The van der Waals surface area contributed by atoms with E-state index in [4.69, 9.17) is 5.73 Å². The summed E-state index contributed by atoms with van der Waals surface area (Å²) in [4.78, 5) is 1.24. The molecular formula is C6H8BrNS. The molecule has 1 rings (SSSR count). The van der Waals surface area contributed by atoms with Crippen molar-refractivity contribution in [2.24, 2.45) is 5.73 Å². The monoisotopic (exact) mass is 205 g/mol. The van der Waals surface area contributed by atoms with Gasteiger partial charge in [-0.25, -0.2) is 0 Å². The van der Waals surface area contributed by atoms with Gasteiger partial charge >= 0.3 is 0 Å². The number of aryl methyl sites for hydroxylation is 1. The summed E-state index contributed by atoms with van der Waals surface area (Å²) in [6.45, 7) is 2.72. The van der Waals surface area contributed by atoms with Crippen molar-refractivity contribution in [1.29, 1.82) is 0 Å². The van der Waals surface area contributed by atoms with E-state index >= 15 is 0 Å². The first-order valence-electron chi connectivity index (χ1n) is 2.69. The second-order valence-corrected chi connectivity index (χ2v) is 4.33. The topological polar surface area (TPSA) is 26.0 Å². The fourth-order valence-corrected chi connectivity index (χ4v) is 2.13. The minimum atomic E-state index is 0.650. The van der Waals surface area contributed by atoms with Crippen molar-refractivity contribution in [1.82, 2.24) is 0 Å². The molecule has 0 aromatic carbocycles. The van der Waals surface area contributed by atoms with Gasteiger partial charge in [0.25, 0.3) is 0 Å². The van der Waals surface area contributed by atoms with Gasteiger partial charge in [-0.15, -0.1) is 11.3 Å². The van der Waals surface area contributed by atoms with E-state index in [1.54, 1.807) is 11.3 Å². The summed E-state index contributed by atoms with van der Waals surface area (Å²) in [5.41, 5.74) is 6.70. The average molecular weight is 206 g/mol. The van der Waals surface area contributed by atoms with Crippen molar-refractivity contribution in [2.45, 2.75) is 13.5 Å². The number of hydrogen-bond acceptors (Lipinski definition) is 2. The van der Waals surface area contributed by atoms with Gasteiger partial charge in [0.2, 0.25) is 0 Å². The Morgan fingerprint density at radius 3 is 2.67 bits per heavy atom. The molecule has 50 valence electrons. The molecule has 0 aliphatic carbocycles. The molecule has 0 atom stereocenters. The Bertz CT molecular complexity index is 187. The van der Waals surface area contributed by atoms with Gasteiger partial charge in [-0.1, -0.05) is 0 Å². The highest BCUT2D eigenvalue weighted by Crippen LogP contribution is 2.26. The molecule has 1 aromatic heterocycles. The summed E-state index contributed by atoms with van der Waals surface area (Å²) in [6, 6.07) is 2.11. The fraction of sp³-hybridized carbons (Fsp3) is 0.333. The van der Waals surface area contributed by atoms with Crippen LogP contribution in [-0.2, 0) is 6.54 Å². The summed E-state index contributed by atoms with van der Waals surface area (Å²) in [5.74, 6) is 0. The summed E-state index contributed by atoms with van der Waals surface area (Å²) in [6.07, 6.45) is 0. The molecule has 0 aliphatic rings. The lowest BCUT2D eigenvalue weighted by Gasteiger charge is -1.80. The van der Waals surface area contributed by atoms with E-state index in [1.807, 2.05) is 0 Å². The smallest absolute Gasteiger partial charge is 0.0730 e. The third-order valence-corrected chi connectivity index (χ3v) is 3.27. The van der Waals surface area contributed by atoms with Gasteiger partial charge < -0.3 is 5.73 Å². The number of rotatable bonds is 1. The van der Waals surface area contributed by atoms with Gasteiger partial charge in [0.15, 0.2) is 0 Å². The summed E-state index contributed by atoms with van der Waals surface area (Å²) in [5, 5.41) is 0. The van der Waals surface area contributed by atoms with Crippen molar-refractivity contribution in [3.63, 3.8) is 0 Å². The minimum absolute atomic E-state index is 0.650. The van der Waals surface area contributed by atoms with Crippen LogP contribution in [0.3, 0.4) is 0 Å². The van der Waals surface area contributed by atoms with E-state index < -0.39 is 0 Å². The van der Waals surface area contributed by atoms with E-state index in [2.05, 4.69) is 28.9 Å². The predicted molar refractivity (Wildman–Crippen MR) is 44.6 cm³/mol. The standard InChI is InChI=1S/C6H8BrNS/c1-4-2-5(3-8)9-6(4)7/h2H,3,8H2,1H3. The maximum atomic E-state index is 5.42. The van der Waals surface area contributed by atoms with E-state index in [1.165, 1.54) is 14.2 Å². The van der Waals surface area contributed by atoms with E-state index in [0.29, 0.717) is 6.54 Å². The Kier molecular flexibility index (Phi) is 2.27.